The monoisotopic (exact) mass is 286 g/mol. The number of benzene rings is 2. The van der Waals surface area contributed by atoms with Crippen LogP contribution in [-0.2, 0) is 0 Å². The summed E-state index contributed by atoms with van der Waals surface area (Å²) in [5.74, 6) is -0.196. The number of nitrogens with one attached hydrogen (secondary N) is 1. The fourth-order valence-electron chi connectivity index (χ4n) is 2.47. The van der Waals surface area contributed by atoms with E-state index in [0.29, 0.717) is 0 Å². The molecule has 0 amide bonds. The zero-order valence-corrected chi connectivity index (χ0v) is 12.9. The van der Waals surface area contributed by atoms with Gasteiger partial charge in [-0.2, -0.15) is 0 Å². The lowest BCUT2D eigenvalue weighted by molar-refractivity contribution is 0.623. The fraction of sp³-hybridized carbons (Fsp3) is 0.333. The van der Waals surface area contributed by atoms with Gasteiger partial charge < -0.3 is 10.2 Å². The summed E-state index contributed by atoms with van der Waals surface area (Å²) in [5.41, 5.74) is 3.22. The summed E-state index contributed by atoms with van der Waals surface area (Å²) in [5, 5.41) is 3.40. The van der Waals surface area contributed by atoms with Crippen molar-refractivity contribution in [3.05, 3.63) is 59.9 Å². The van der Waals surface area contributed by atoms with Gasteiger partial charge in [-0.05, 0) is 62.7 Å². The van der Waals surface area contributed by atoms with E-state index in [9.17, 15) is 4.39 Å². The maximum absolute atomic E-state index is 13.3. The largest absolute Gasteiger partial charge is 0.379 e. The van der Waals surface area contributed by atoms with E-state index in [1.54, 1.807) is 12.1 Å². The zero-order chi connectivity index (χ0) is 15.2. The van der Waals surface area contributed by atoms with E-state index >= 15 is 0 Å². The summed E-state index contributed by atoms with van der Waals surface area (Å²) in [6, 6.07) is 15.2. The van der Waals surface area contributed by atoms with Crippen molar-refractivity contribution in [2.24, 2.45) is 0 Å². The maximum atomic E-state index is 13.3. The van der Waals surface area contributed by atoms with Gasteiger partial charge in [0.05, 0.1) is 0 Å². The predicted molar refractivity (Wildman–Crippen MR) is 88.4 cm³/mol. The summed E-state index contributed by atoms with van der Waals surface area (Å²) in [7, 11) is 0. The highest BCUT2D eigenvalue weighted by atomic mass is 19.1. The Kier molecular flexibility index (Phi) is 5.20. The lowest BCUT2D eigenvalue weighted by Crippen LogP contribution is -2.21. The van der Waals surface area contributed by atoms with Gasteiger partial charge in [0.2, 0.25) is 0 Å². The number of anilines is 2. The quantitative estimate of drug-likeness (QED) is 0.817. The van der Waals surface area contributed by atoms with Gasteiger partial charge in [-0.15, -0.1) is 0 Å². The number of rotatable bonds is 6. The minimum atomic E-state index is -0.196. The van der Waals surface area contributed by atoms with Crippen LogP contribution in [0.25, 0.3) is 0 Å². The van der Waals surface area contributed by atoms with Crippen LogP contribution in [0.15, 0.2) is 48.5 Å². The third-order valence-corrected chi connectivity index (χ3v) is 3.73. The molecule has 0 saturated heterocycles. The van der Waals surface area contributed by atoms with Crippen molar-refractivity contribution in [3.63, 3.8) is 0 Å². The molecule has 0 bridgehead atoms. The number of nitrogens with zero attached hydrogens (tertiary/aromatic N) is 1. The predicted octanol–water partition coefficient (Wildman–Crippen LogP) is 4.85. The first-order chi connectivity index (χ1) is 10.1. The normalized spacial score (nSPS) is 12.0. The van der Waals surface area contributed by atoms with Crippen LogP contribution in [0.2, 0.25) is 0 Å². The van der Waals surface area contributed by atoms with E-state index in [1.807, 2.05) is 13.0 Å². The molecule has 0 heterocycles. The van der Waals surface area contributed by atoms with Crippen molar-refractivity contribution in [1.29, 1.82) is 0 Å². The van der Waals surface area contributed by atoms with Crippen LogP contribution >= 0.6 is 0 Å². The molecule has 3 heteroatoms. The molecule has 0 aromatic heterocycles. The zero-order valence-electron chi connectivity index (χ0n) is 12.9. The van der Waals surface area contributed by atoms with Crippen LogP contribution < -0.4 is 10.2 Å². The summed E-state index contributed by atoms with van der Waals surface area (Å²) in [6.45, 7) is 8.35. The van der Waals surface area contributed by atoms with Gasteiger partial charge >= 0.3 is 0 Å². The average Bonchev–Trinajstić information content (AvgIpc) is 2.50. The molecule has 0 saturated carbocycles. The molecule has 112 valence electrons. The number of halogens is 1. The SMILES string of the molecule is CCN(CC)c1ccc(NC(C)c2cccc(F)c2)cc1. The average molecular weight is 286 g/mol. The minimum Gasteiger partial charge on any atom is -0.379 e. The molecule has 0 fully saturated rings. The van der Waals surface area contributed by atoms with E-state index in [2.05, 4.69) is 48.3 Å². The fourth-order valence-corrected chi connectivity index (χ4v) is 2.47. The van der Waals surface area contributed by atoms with Crippen molar-refractivity contribution < 1.29 is 4.39 Å². The second-order valence-electron chi connectivity index (χ2n) is 5.14. The molecule has 2 nitrogen and oxygen atoms in total. The molecular formula is C18H23FN2. The Balaban J connectivity index is 2.06. The number of hydrogen-bond acceptors (Lipinski definition) is 2. The summed E-state index contributed by atoms with van der Waals surface area (Å²) in [4.78, 5) is 2.31. The van der Waals surface area contributed by atoms with Crippen molar-refractivity contribution in [3.8, 4) is 0 Å². The Hall–Kier alpha value is -2.03. The van der Waals surface area contributed by atoms with Gasteiger partial charge in [0.25, 0.3) is 0 Å². The van der Waals surface area contributed by atoms with Crippen molar-refractivity contribution in [1.82, 2.24) is 0 Å². The molecule has 0 aliphatic carbocycles. The smallest absolute Gasteiger partial charge is 0.123 e. The first kappa shape index (κ1) is 15.4. The van der Waals surface area contributed by atoms with Gasteiger partial charge in [-0.3, -0.25) is 0 Å². The van der Waals surface area contributed by atoms with Crippen LogP contribution in [-0.4, -0.2) is 13.1 Å². The second kappa shape index (κ2) is 7.11. The topological polar surface area (TPSA) is 15.3 Å². The van der Waals surface area contributed by atoms with Crippen molar-refractivity contribution in [2.45, 2.75) is 26.8 Å². The third-order valence-electron chi connectivity index (χ3n) is 3.73. The standard InChI is InChI=1S/C18H23FN2/c1-4-21(5-2)18-11-9-17(10-12-18)20-14(3)15-7-6-8-16(19)13-15/h6-14,20H,4-5H2,1-3H3. The van der Waals surface area contributed by atoms with Crippen LogP contribution in [0.5, 0.6) is 0 Å². The molecule has 21 heavy (non-hydrogen) atoms. The molecule has 2 rings (SSSR count). The molecule has 0 aliphatic rings. The van der Waals surface area contributed by atoms with Crippen molar-refractivity contribution >= 4 is 11.4 Å². The van der Waals surface area contributed by atoms with E-state index in [-0.39, 0.29) is 11.9 Å². The number of hydrogen-bond donors (Lipinski definition) is 1. The van der Waals surface area contributed by atoms with Crippen molar-refractivity contribution in [2.75, 3.05) is 23.3 Å². The highest BCUT2D eigenvalue weighted by molar-refractivity contribution is 5.55. The van der Waals surface area contributed by atoms with Gasteiger partial charge in [-0.25, -0.2) is 4.39 Å². The second-order valence-corrected chi connectivity index (χ2v) is 5.14. The lowest BCUT2D eigenvalue weighted by Gasteiger charge is -2.22. The Labute approximate surface area is 126 Å². The molecule has 0 aliphatic heterocycles. The van der Waals surface area contributed by atoms with Crippen LogP contribution in [0.4, 0.5) is 15.8 Å². The Morgan fingerprint density at radius 3 is 2.29 bits per heavy atom. The minimum absolute atomic E-state index is 0.0694. The molecule has 1 atom stereocenters. The summed E-state index contributed by atoms with van der Waals surface area (Å²) in [6.07, 6.45) is 0. The van der Waals surface area contributed by atoms with E-state index in [4.69, 9.17) is 0 Å². The molecule has 1 unspecified atom stereocenters. The van der Waals surface area contributed by atoms with E-state index in [0.717, 1.165) is 24.3 Å². The molecule has 0 spiro atoms. The van der Waals surface area contributed by atoms with E-state index in [1.165, 1.54) is 11.8 Å². The molecule has 2 aromatic rings. The molecular weight excluding hydrogens is 263 g/mol. The first-order valence-corrected chi connectivity index (χ1v) is 7.51. The van der Waals surface area contributed by atoms with E-state index < -0.39 is 0 Å². The highest BCUT2D eigenvalue weighted by Crippen LogP contribution is 2.22. The molecule has 0 radical (unpaired) electrons. The van der Waals surface area contributed by atoms with Gasteiger partial charge in [0, 0.05) is 30.5 Å². The Morgan fingerprint density at radius 1 is 1.05 bits per heavy atom. The van der Waals surface area contributed by atoms with Crippen LogP contribution in [0, 0.1) is 5.82 Å². The van der Waals surface area contributed by atoms with Crippen LogP contribution in [0.3, 0.4) is 0 Å². The van der Waals surface area contributed by atoms with Crippen LogP contribution in [0.1, 0.15) is 32.4 Å². The highest BCUT2D eigenvalue weighted by Gasteiger charge is 2.07. The molecule has 2 aromatic carbocycles. The Bertz CT molecular complexity index is 562. The first-order valence-electron chi connectivity index (χ1n) is 7.51. The van der Waals surface area contributed by atoms with Gasteiger partial charge in [-0.1, -0.05) is 12.1 Å². The van der Waals surface area contributed by atoms with Gasteiger partial charge in [0.1, 0.15) is 5.82 Å². The summed E-state index contributed by atoms with van der Waals surface area (Å²) < 4.78 is 13.3. The molecule has 1 N–H and O–H groups in total. The third kappa shape index (κ3) is 3.97. The van der Waals surface area contributed by atoms with Gasteiger partial charge in [0.15, 0.2) is 0 Å². The Morgan fingerprint density at radius 2 is 1.71 bits per heavy atom. The summed E-state index contributed by atoms with van der Waals surface area (Å²) >= 11 is 0. The maximum Gasteiger partial charge on any atom is 0.123 e. The lowest BCUT2D eigenvalue weighted by atomic mass is 10.1.